The lowest BCUT2D eigenvalue weighted by atomic mass is 9.96. The third-order valence-corrected chi connectivity index (χ3v) is 4.58. The molecule has 5 nitrogen and oxygen atoms in total. The van der Waals surface area contributed by atoms with Crippen molar-refractivity contribution in [3.8, 4) is 5.75 Å². The Bertz CT molecular complexity index is 614. The first-order valence-electron chi connectivity index (χ1n) is 7.73. The molecule has 1 aliphatic rings. The van der Waals surface area contributed by atoms with E-state index in [1.54, 1.807) is 7.11 Å². The fourth-order valence-electron chi connectivity index (χ4n) is 3.18. The molecule has 0 aliphatic carbocycles. The van der Waals surface area contributed by atoms with E-state index in [1.807, 2.05) is 18.2 Å². The molecule has 0 atom stereocenters. The normalized spacial score (nSPS) is 17.4. The van der Waals surface area contributed by atoms with E-state index >= 15 is 0 Å². The van der Waals surface area contributed by atoms with Crippen LogP contribution in [-0.2, 0) is 6.54 Å². The molecule has 114 valence electrons. The highest BCUT2D eigenvalue weighted by molar-refractivity contribution is 5.79. The molecular formula is C16H24N4O. The van der Waals surface area contributed by atoms with Gasteiger partial charge in [-0.1, -0.05) is 6.92 Å². The third kappa shape index (κ3) is 2.83. The van der Waals surface area contributed by atoms with Crippen LogP contribution in [0.4, 0.5) is 5.95 Å². The summed E-state index contributed by atoms with van der Waals surface area (Å²) in [7, 11) is 1.69. The van der Waals surface area contributed by atoms with E-state index < -0.39 is 0 Å². The van der Waals surface area contributed by atoms with Crippen molar-refractivity contribution < 1.29 is 4.74 Å². The highest BCUT2D eigenvalue weighted by atomic mass is 16.5. The van der Waals surface area contributed by atoms with Crippen LogP contribution in [0.5, 0.6) is 5.75 Å². The van der Waals surface area contributed by atoms with E-state index in [2.05, 4.69) is 21.4 Å². The van der Waals surface area contributed by atoms with E-state index in [1.165, 1.54) is 25.9 Å². The molecule has 5 heteroatoms. The minimum atomic E-state index is 0.608. The quantitative estimate of drug-likeness (QED) is 0.938. The average Bonchev–Trinajstić information content (AvgIpc) is 2.83. The van der Waals surface area contributed by atoms with Gasteiger partial charge < -0.3 is 19.9 Å². The number of benzene rings is 1. The summed E-state index contributed by atoms with van der Waals surface area (Å²) >= 11 is 0. The smallest absolute Gasteiger partial charge is 0.201 e. The Morgan fingerprint density at radius 2 is 2.10 bits per heavy atom. The molecule has 1 aliphatic heterocycles. The zero-order chi connectivity index (χ0) is 14.8. The summed E-state index contributed by atoms with van der Waals surface area (Å²) in [4.78, 5) is 6.97. The standard InChI is InChI=1S/C16H24N4O/c1-3-19-8-6-12(7-9-19)11-20-15-10-13(21-2)4-5-14(15)18-16(20)17/h4-5,10,12H,3,6-9,11H2,1-2H3,(H2,17,18). The van der Waals surface area contributed by atoms with Crippen molar-refractivity contribution in [2.75, 3.05) is 32.5 Å². The van der Waals surface area contributed by atoms with Gasteiger partial charge in [-0.15, -0.1) is 0 Å². The Morgan fingerprint density at radius 3 is 2.76 bits per heavy atom. The van der Waals surface area contributed by atoms with Gasteiger partial charge in [0.2, 0.25) is 5.95 Å². The molecule has 0 saturated carbocycles. The van der Waals surface area contributed by atoms with Crippen molar-refractivity contribution in [1.29, 1.82) is 0 Å². The number of aromatic nitrogens is 2. The van der Waals surface area contributed by atoms with Crippen molar-refractivity contribution >= 4 is 17.0 Å². The molecule has 1 aromatic heterocycles. The third-order valence-electron chi connectivity index (χ3n) is 4.58. The molecule has 1 aromatic carbocycles. The summed E-state index contributed by atoms with van der Waals surface area (Å²) in [6.45, 7) is 6.72. The number of hydrogen-bond donors (Lipinski definition) is 1. The van der Waals surface area contributed by atoms with E-state index in [-0.39, 0.29) is 0 Å². The molecule has 0 unspecified atom stereocenters. The molecule has 0 bridgehead atoms. The van der Waals surface area contributed by atoms with Crippen molar-refractivity contribution in [3.05, 3.63) is 18.2 Å². The molecule has 2 aromatic rings. The first kappa shape index (κ1) is 14.2. The Labute approximate surface area is 125 Å². The Balaban J connectivity index is 1.81. The van der Waals surface area contributed by atoms with Gasteiger partial charge in [0.1, 0.15) is 5.75 Å². The van der Waals surface area contributed by atoms with Gasteiger partial charge in [-0.05, 0) is 50.5 Å². The predicted octanol–water partition coefficient (Wildman–Crippen LogP) is 2.36. The van der Waals surface area contributed by atoms with Crippen LogP contribution in [0.1, 0.15) is 19.8 Å². The van der Waals surface area contributed by atoms with Gasteiger partial charge in [0.05, 0.1) is 18.1 Å². The molecule has 0 spiro atoms. The van der Waals surface area contributed by atoms with Gasteiger partial charge in [-0.2, -0.15) is 0 Å². The number of ether oxygens (including phenoxy) is 1. The van der Waals surface area contributed by atoms with Crippen molar-refractivity contribution in [2.45, 2.75) is 26.3 Å². The number of imidazole rings is 1. The van der Waals surface area contributed by atoms with E-state index in [0.29, 0.717) is 11.9 Å². The SMILES string of the molecule is CCN1CCC(Cn2c(N)nc3ccc(OC)cc32)CC1. The molecule has 2 heterocycles. The number of nitrogens with zero attached hydrogens (tertiary/aromatic N) is 3. The monoisotopic (exact) mass is 288 g/mol. The number of piperidine rings is 1. The highest BCUT2D eigenvalue weighted by Crippen LogP contribution is 2.26. The number of likely N-dealkylation sites (tertiary alicyclic amines) is 1. The van der Waals surface area contributed by atoms with Gasteiger partial charge in [-0.3, -0.25) is 0 Å². The Kier molecular flexibility index (Phi) is 4.01. The number of methoxy groups -OCH3 is 1. The van der Waals surface area contributed by atoms with Crippen molar-refractivity contribution in [3.63, 3.8) is 0 Å². The maximum Gasteiger partial charge on any atom is 0.201 e. The first-order valence-corrected chi connectivity index (χ1v) is 7.73. The number of anilines is 1. The summed E-state index contributed by atoms with van der Waals surface area (Å²) in [5.41, 5.74) is 8.13. The number of fused-ring (bicyclic) bond motifs is 1. The van der Waals surface area contributed by atoms with Crippen LogP contribution in [0, 0.1) is 5.92 Å². The summed E-state index contributed by atoms with van der Waals surface area (Å²) in [6, 6.07) is 5.93. The van der Waals surface area contributed by atoms with Crippen LogP contribution in [0.15, 0.2) is 18.2 Å². The Morgan fingerprint density at radius 1 is 1.33 bits per heavy atom. The van der Waals surface area contributed by atoms with Gasteiger partial charge in [0, 0.05) is 12.6 Å². The molecular weight excluding hydrogens is 264 g/mol. The van der Waals surface area contributed by atoms with Crippen molar-refractivity contribution in [1.82, 2.24) is 14.5 Å². The average molecular weight is 288 g/mol. The lowest BCUT2D eigenvalue weighted by Crippen LogP contribution is -2.34. The minimum absolute atomic E-state index is 0.608. The van der Waals surface area contributed by atoms with E-state index in [9.17, 15) is 0 Å². The lowest BCUT2D eigenvalue weighted by Gasteiger charge is -2.31. The zero-order valence-electron chi connectivity index (χ0n) is 12.9. The molecule has 1 saturated heterocycles. The summed E-state index contributed by atoms with van der Waals surface area (Å²) < 4.78 is 7.46. The van der Waals surface area contributed by atoms with Gasteiger partial charge in [0.15, 0.2) is 0 Å². The summed E-state index contributed by atoms with van der Waals surface area (Å²) in [5, 5.41) is 0. The fraction of sp³-hybridized carbons (Fsp3) is 0.562. The van der Waals surface area contributed by atoms with E-state index in [4.69, 9.17) is 10.5 Å². The van der Waals surface area contributed by atoms with Gasteiger partial charge in [-0.25, -0.2) is 4.98 Å². The molecule has 21 heavy (non-hydrogen) atoms. The van der Waals surface area contributed by atoms with Crippen LogP contribution in [0.25, 0.3) is 11.0 Å². The lowest BCUT2D eigenvalue weighted by molar-refractivity contribution is 0.182. The molecule has 1 fully saturated rings. The fourth-order valence-corrected chi connectivity index (χ4v) is 3.18. The first-order chi connectivity index (χ1) is 10.2. The van der Waals surface area contributed by atoms with E-state index in [0.717, 1.165) is 29.9 Å². The molecule has 0 amide bonds. The van der Waals surface area contributed by atoms with Crippen LogP contribution < -0.4 is 10.5 Å². The maximum atomic E-state index is 6.12. The number of nitrogens with two attached hydrogens (primary N) is 1. The van der Waals surface area contributed by atoms with Crippen LogP contribution >= 0.6 is 0 Å². The second-order valence-corrected chi connectivity index (χ2v) is 5.81. The van der Waals surface area contributed by atoms with Crippen LogP contribution in [0.3, 0.4) is 0 Å². The van der Waals surface area contributed by atoms with Crippen LogP contribution in [-0.4, -0.2) is 41.2 Å². The topological polar surface area (TPSA) is 56.3 Å². The Hall–Kier alpha value is -1.75. The zero-order valence-corrected chi connectivity index (χ0v) is 12.9. The number of nitrogen functional groups attached to an aromatic ring is 1. The second kappa shape index (κ2) is 5.93. The van der Waals surface area contributed by atoms with Gasteiger partial charge in [0.25, 0.3) is 0 Å². The molecule has 0 radical (unpaired) electrons. The number of hydrogen-bond acceptors (Lipinski definition) is 4. The largest absolute Gasteiger partial charge is 0.497 e. The summed E-state index contributed by atoms with van der Waals surface area (Å²) in [6.07, 6.45) is 2.47. The van der Waals surface area contributed by atoms with Crippen molar-refractivity contribution in [2.24, 2.45) is 5.92 Å². The minimum Gasteiger partial charge on any atom is -0.497 e. The predicted molar refractivity (Wildman–Crippen MR) is 85.5 cm³/mol. The molecule has 3 rings (SSSR count). The second-order valence-electron chi connectivity index (χ2n) is 5.81. The highest BCUT2D eigenvalue weighted by Gasteiger charge is 2.20. The van der Waals surface area contributed by atoms with Gasteiger partial charge >= 0.3 is 0 Å². The molecule has 2 N–H and O–H groups in total. The number of rotatable bonds is 4. The van der Waals surface area contributed by atoms with Crippen LogP contribution in [0.2, 0.25) is 0 Å². The summed E-state index contributed by atoms with van der Waals surface area (Å²) in [5.74, 6) is 2.14. The maximum absolute atomic E-state index is 6.12.